The molecule has 0 fully saturated rings. The van der Waals surface area contributed by atoms with Crippen LogP contribution in [0.15, 0.2) is 53.1 Å². The maximum Gasteiger partial charge on any atom is 0.412 e. The molecule has 8 heteroatoms. The van der Waals surface area contributed by atoms with Crippen LogP contribution in [-0.4, -0.2) is 27.7 Å². The average Bonchev–Trinajstić information content (AvgIpc) is 3.18. The van der Waals surface area contributed by atoms with Crippen LogP contribution in [0.5, 0.6) is 0 Å². The Hall–Kier alpha value is -3.68. The summed E-state index contributed by atoms with van der Waals surface area (Å²) in [5.74, 6) is 0.539. The summed E-state index contributed by atoms with van der Waals surface area (Å²) in [5.41, 5.74) is 1.23. The van der Waals surface area contributed by atoms with Gasteiger partial charge in [0.15, 0.2) is 5.82 Å². The molecule has 0 saturated carbocycles. The van der Waals surface area contributed by atoms with Crippen molar-refractivity contribution < 1.29 is 18.8 Å². The third-order valence-corrected chi connectivity index (χ3v) is 4.29. The number of nitrogens with zero attached hydrogens (tertiary/aromatic N) is 2. The van der Waals surface area contributed by atoms with Gasteiger partial charge in [-0.25, -0.2) is 4.79 Å². The SMILES string of the molecule is CC(C)(C)OC(=O)Nc1ccc(NC(=O)c2ccccc2-c2nc(C(C)(C)C)no2)cc1. The third kappa shape index (κ3) is 5.94. The quantitative estimate of drug-likeness (QED) is 0.549. The van der Waals surface area contributed by atoms with E-state index in [0.717, 1.165) is 0 Å². The molecule has 1 heterocycles. The Morgan fingerprint density at radius 1 is 0.875 bits per heavy atom. The van der Waals surface area contributed by atoms with E-state index in [0.29, 0.717) is 28.3 Å². The van der Waals surface area contributed by atoms with E-state index in [4.69, 9.17) is 9.26 Å². The van der Waals surface area contributed by atoms with E-state index in [1.54, 1.807) is 63.2 Å². The lowest BCUT2D eigenvalue weighted by Crippen LogP contribution is -2.27. The summed E-state index contributed by atoms with van der Waals surface area (Å²) in [5, 5.41) is 9.55. The molecule has 3 aromatic rings. The van der Waals surface area contributed by atoms with E-state index in [2.05, 4.69) is 20.8 Å². The number of aromatic nitrogens is 2. The summed E-state index contributed by atoms with van der Waals surface area (Å²) >= 11 is 0. The summed E-state index contributed by atoms with van der Waals surface area (Å²) in [6.07, 6.45) is -0.544. The molecule has 168 valence electrons. The zero-order valence-corrected chi connectivity index (χ0v) is 19.1. The van der Waals surface area contributed by atoms with Gasteiger partial charge in [-0.2, -0.15) is 4.98 Å². The molecule has 2 amide bonds. The minimum atomic E-state index is -0.586. The molecule has 0 radical (unpaired) electrons. The van der Waals surface area contributed by atoms with Gasteiger partial charge in [-0.15, -0.1) is 0 Å². The highest BCUT2D eigenvalue weighted by Crippen LogP contribution is 2.27. The number of amides is 2. The van der Waals surface area contributed by atoms with E-state index in [1.807, 2.05) is 26.8 Å². The number of benzene rings is 2. The van der Waals surface area contributed by atoms with Gasteiger partial charge in [-0.05, 0) is 57.2 Å². The van der Waals surface area contributed by atoms with Crippen molar-refractivity contribution in [2.24, 2.45) is 0 Å². The summed E-state index contributed by atoms with van der Waals surface area (Å²) in [7, 11) is 0. The Kier molecular flexibility index (Phi) is 6.34. The number of carbonyl (C=O) groups excluding carboxylic acids is 2. The van der Waals surface area contributed by atoms with Crippen molar-refractivity contribution in [1.82, 2.24) is 10.1 Å². The molecule has 0 aliphatic heterocycles. The topological polar surface area (TPSA) is 106 Å². The molecular weight excluding hydrogens is 408 g/mol. The van der Waals surface area contributed by atoms with Crippen LogP contribution in [0.1, 0.15) is 57.7 Å². The molecule has 0 unspecified atom stereocenters. The molecule has 32 heavy (non-hydrogen) atoms. The Morgan fingerprint density at radius 3 is 2.03 bits per heavy atom. The molecule has 8 nitrogen and oxygen atoms in total. The standard InChI is InChI=1S/C24H28N4O4/c1-23(2,3)21-27-20(32-28-21)18-10-8-7-9-17(18)19(29)25-15-11-13-16(14-12-15)26-22(30)31-24(4,5)6/h7-14H,1-6H3,(H,25,29)(H,26,30). The molecule has 0 saturated heterocycles. The van der Waals surface area contributed by atoms with Gasteiger partial charge in [0.1, 0.15) is 5.60 Å². The van der Waals surface area contributed by atoms with Crippen LogP contribution in [0.2, 0.25) is 0 Å². The van der Waals surface area contributed by atoms with Gasteiger partial charge in [0.05, 0.1) is 11.1 Å². The molecule has 2 aromatic carbocycles. The number of carbonyl (C=O) groups is 2. The van der Waals surface area contributed by atoms with E-state index in [1.165, 1.54) is 0 Å². The van der Waals surface area contributed by atoms with E-state index >= 15 is 0 Å². The van der Waals surface area contributed by atoms with Crippen LogP contribution >= 0.6 is 0 Å². The fraction of sp³-hybridized carbons (Fsp3) is 0.333. The monoisotopic (exact) mass is 436 g/mol. The van der Waals surface area contributed by atoms with Crippen molar-refractivity contribution >= 4 is 23.4 Å². The lowest BCUT2D eigenvalue weighted by molar-refractivity contribution is 0.0635. The maximum absolute atomic E-state index is 12.9. The highest BCUT2D eigenvalue weighted by Gasteiger charge is 2.23. The van der Waals surface area contributed by atoms with Crippen molar-refractivity contribution in [3.8, 4) is 11.5 Å². The maximum atomic E-state index is 12.9. The van der Waals surface area contributed by atoms with Gasteiger partial charge in [0, 0.05) is 16.8 Å². The van der Waals surface area contributed by atoms with Crippen LogP contribution in [0.4, 0.5) is 16.2 Å². The second-order valence-corrected chi connectivity index (χ2v) is 9.38. The summed E-state index contributed by atoms with van der Waals surface area (Å²) in [6.45, 7) is 11.3. The smallest absolute Gasteiger partial charge is 0.412 e. The van der Waals surface area contributed by atoms with Crippen molar-refractivity contribution in [3.05, 3.63) is 59.9 Å². The summed E-state index contributed by atoms with van der Waals surface area (Å²) < 4.78 is 10.6. The fourth-order valence-corrected chi connectivity index (χ4v) is 2.76. The van der Waals surface area contributed by atoms with Crippen molar-refractivity contribution in [3.63, 3.8) is 0 Å². The Labute approximate surface area is 187 Å². The van der Waals surface area contributed by atoms with E-state index in [9.17, 15) is 9.59 Å². The minimum Gasteiger partial charge on any atom is -0.444 e. The molecule has 2 N–H and O–H groups in total. The van der Waals surface area contributed by atoms with Gasteiger partial charge in [-0.1, -0.05) is 38.1 Å². The highest BCUT2D eigenvalue weighted by molar-refractivity contribution is 6.08. The average molecular weight is 437 g/mol. The number of hydrogen-bond donors (Lipinski definition) is 2. The van der Waals surface area contributed by atoms with Crippen LogP contribution < -0.4 is 10.6 Å². The van der Waals surface area contributed by atoms with Crippen LogP contribution in [-0.2, 0) is 10.2 Å². The summed E-state index contributed by atoms with van der Waals surface area (Å²) in [4.78, 5) is 29.3. The first-order valence-corrected chi connectivity index (χ1v) is 10.3. The van der Waals surface area contributed by atoms with Crippen molar-refractivity contribution in [2.75, 3.05) is 10.6 Å². The number of nitrogens with one attached hydrogen (secondary N) is 2. The largest absolute Gasteiger partial charge is 0.444 e. The Balaban J connectivity index is 1.73. The van der Waals surface area contributed by atoms with Crippen LogP contribution in [0.3, 0.4) is 0 Å². The van der Waals surface area contributed by atoms with Crippen molar-refractivity contribution in [2.45, 2.75) is 52.6 Å². The predicted octanol–water partition coefficient (Wildman–Crippen LogP) is 5.63. The first-order chi connectivity index (χ1) is 14.9. The third-order valence-electron chi connectivity index (χ3n) is 4.29. The second kappa shape index (κ2) is 8.82. The van der Waals surface area contributed by atoms with Gasteiger partial charge in [0.2, 0.25) is 0 Å². The first kappa shape index (κ1) is 23.0. The first-order valence-electron chi connectivity index (χ1n) is 10.3. The molecule has 0 spiro atoms. The lowest BCUT2D eigenvalue weighted by atomic mass is 9.96. The van der Waals surface area contributed by atoms with E-state index in [-0.39, 0.29) is 17.2 Å². The molecule has 1 aromatic heterocycles. The molecule has 0 bridgehead atoms. The molecular formula is C24H28N4O4. The van der Waals surface area contributed by atoms with Gasteiger partial charge >= 0.3 is 6.09 Å². The molecule has 0 atom stereocenters. The number of anilines is 2. The van der Waals surface area contributed by atoms with Crippen LogP contribution in [0, 0.1) is 0 Å². The van der Waals surface area contributed by atoms with Gasteiger partial charge < -0.3 is 14.6 Å². The van der Waals surface area contributed by atoms with Gasteiger partial charge in [-0.3, -0.25) is 10.1 Å². The highest BCUT2D eigenvalue weighted by atomic mass is 16.6. The molecule has 3 rings (SSSR count). The zero-order valence-electron chi connectivity index (χ0n) is 19.1. The summed E-state index contributed by atoms with van der Waals surface area (Å²) in [6, 6.07) is 13.8. The van der Waals surface area contributed by atoms with Crippen molar-refractivity contribution in [1.29, 1.82) is 0 Å². The number of hydrogen-bond acceptors (Lipinski definition) is 6. The minimum absolute atomic E-state index is 0.270. The number of rotatable bonds is 4. The fourth-order valence-electron chi connectivity index (χ4n) is 2.76. The Morgan fingerprint density at radius 2 is 1.47 bits per heavy atom. The van der Waals surface area contributed by atoms with Crippen LogP contribution in [0.25, 0.3) is 11.5 Å². The zero-order chi connectivity index (χ0) is 23.5. The normalized spacial score (nSPS) is 11.7. The molecule has 0 aliphatic carbocycles. The molecule has 0 aliphatic rings. The van der Waals surface area contributed by atoms with E-state index < -0.39 is 11.7 Å². The Bertz CT molecular complexity index is 1110. The second-order valence-electron chi connectivity index (χ2n) is 9.38. The number of ether oxygens (including phenoxy) is 1. The predicted molar refractivity (Wildman–Crippen MR) is 123 cm³/mol. The lowest BCUT2D eigenvalue weighted by Gasteiger charge is -2.19. The van der Waals surface area contributed by atoms with Gasteiger partial charge in [0.25, 0.3) is 11.8 Å².